The van der Waals surface area contributed by atoms with E-state index in [1.807, 2.05) is 31.2 Å². The predicted octanol–water partition coefficient (Wildman–Crippen LogP) is 4.20. The number of aromatic carboxylic acids is 1. The molecule has 0 aliphatic heterocycles. The zero-order valence-electron chi connectivity index (χ0n) is 9.77. The van der Waals surface area contributed by atoms with E-state index in [1.165, 1.54) is 0 Å². The van der Waals surface area contributed by atoms with Crippen LogP contribution in [0.25, 0.3) is 0 Å². The van der Waals surface area contributed by atoms with Gasteiger partial charge in [-0.25, -0.2) is 4.79 Å². The zero-order valence-corrected chi connectivity index (χ0v) is 11.4. The smallest absolute Gasteiger partial charge is 0.335 e. The van der Waals surface area contributed by atoms with Crippen molar-refractivity contribution in [1.29, 1.82) is 0 Å². The van der Waals surface area contributed by atoms with Gasteiger partial charge < -0.3 is 10.4 Å². The highest BCUT2D eigenvalue weighted by Gasteiger charge is 2.05. The normalized spacial score (nSPS) is 10.1. The van der Waals surface area contributed by atoms with Crippen molar-refractivity contribution < 1.29 is 9.90 Å². The molecule has 92 valence electrons. The first-order valence-corrected chi connectivity index (χ1v) is 6.22. The molecule has 0 fully saturated rings. The van der Waals surface area contributed by atoms with Crippen LogP contribution in [0.1, 0.15) is 15.9 Å². The number of hydrogen-bond acceptors (Lipinski definition) is 2. The number of rotatable bonds is 3. The van der Waals surface area contributed by atoms with E-state index in [4.69, 9.17) is 5.11 Å². The fourth-order valence-electron chi connectivity index (χ4n) is 1.63. The average Bonchev–Trinajstić information content (AvgIpc) is 2.34. The van der Waals surface area contributed by atoms with Crippen LogP contribution >= 0.6 is 15.9 Å². The second-order valence-electron chi connectivity index (χ2n) is 3.97. The van der Waals surface area contributed by atoms with E-state index in [-0.39, 0.29) is 0 Å². The van der Waals surface area contributed by atoms with Crippen molar-refractivity contribution in [3.8, 4) is 0 Å². The molecule has 0 spiro atoms. The molecule has 0 aliphatic carbocycles. The first-order valence-electron chi connectivity index (χ1n) is 5.43. The van der Waals surface area contributed by atoms with Crippen molar-refractivity contribution in [1.82, 2.24) is 0 Å². The summed E-state index contributed by atoms with van der Waals surface area (Å²) in [6.07, 6.45) is 0. The third-order valence-electron chi connectivity index (χ3n) is 2.60. The van der Waals surface area contributed by atoms with Gasteiger partial charge in [0.05, 0.1) is 5.56 Å². The Morgan fingerprint density at radius 2 is 1.83 bits per heavy atom. The molecule has 2 aromatic rings. The summed E-state index contributed by atoms with van der Waals surface area (Å²) < 4.78 is 1.02. The highest BCUT2D eigenvalue weighted by Crippen LogP contribution is 2.23. The fourth-order valence-corrected chi connectivity index (χ4v) is 1.89. The monoisotopic (exact) mass is 305 g/mol. The summed E-state index contributed by atoms with van der Waals surface area (Å²) in [6.45, 7) is 1.88. The summed E-state index contributed by atoms with van der Waals surface area (Å²) in [5.41, 5.74) is 3.07. The number of aryl methyl sites for hydroxylation is 1. The van der Waals surface area contributed by atoms with Gasteiger partial charge in [-0.3, -0.25) is 0 Å². The lowest BCUT2D eigenvalue weighted by molar-refractivity contribution is 0.0697. The molecule has 2 rings (SSSR count). The summed E-state index contributed by atoms with van der Waals surface area (Å²) >= 11 is 3.38. The third-order valence-corrected chi connectivity index (χ3v) is 3.13. The lowest BCUT2D eigenvalue weighted by Gasteiger charge is -2.10. The number of carboxylic acid groups (broad SMARTS) is 1. The van der Waals surface area contributed by atoms with Crippen LogP contribution < -0.4 is 5.32 Å². The number of carbonyl (C=O) groups is 1. The van der Waals surface area contributed by atoms with E-state index in [0.29, 0.717) is 5.56 Å². The molecule has 3 nitrogen and oxygen atoms in total. The number of halogens is 1. The quantitative estimate of drug-likeness (QED) is 0.893. The van der Waals surface area contributed by atoms with Crippen LogP contribution in [0.5, 0.6) is 0 Å². The van der Waals surface area contributed by atoms with Gasteiger partial charge in [0.2, 0.25) is 0 Å². The second kappa shape index (κ2) is 5.23. The molecule has 18 heavy (non-hydrogen) atoms. The first-order chi connectivity index (χ1) is 8.56. The van der Waals surface area contributed by atoms with E-state index in [9.17, 15) is 4.79 Å². The van der Waals surface area contributed by atoms with Crippen LogP contribution in [-0.4, -0.2) is 11.1 Å². The van der Waals surface area contributed by atoms with Crippen LogP contribution in [0.2, 0.25) is 0 Å². The average molecular weight is 306 g/mol. The zero-order chi connectivity index (χ0) is 13.1. The van der Waals surface area contributed by atoms with E-state index in [2.05, 4.69) is 21.2 Å². The van der Waals surface area contributed by atoms with Crippen molar-refractivity contribution in [3.63, 3.8) is 0 Å². The molecule has 0 heterocycles. The minimum absolute atomic E-state index is 0.300. The summed E-state index contributed by atoms with van der Waals surface area (Å²) in [7, 11) is 0. The molecule has 0 radical (unpaired) electrons. The number of carboxylic acids is 1. The molecule has 2 N–H and O–H groups in total. The summed E-state index contributed by atoms with van der Waals surface area (Å²) in [5.74, 6) is -0.909. The molecule has 0 atom stereocenters. The minimum atomic E-state index is -0.909. The first kappa shape index (κ1) is 12.6. The molecule has 0 bridgehead atoms. The van der Waals surface area contributed by atoms with Gasteiger partial charge in [0.15, 0.2) is 0 Å². The van der Waals surface area contributed by atoms with Crippen molar-refractivity contribution >= 4 is 33.3 Å². The van der Waals surface area contributed by atoms with Gasteiger partial charge in [-0.1, -0.05) is 15.9 Å². The highest BCUT2D eigenvalue weighted by atomic mass is 79.9. The molecule has 2 aromatic carbocycles. The van der Waals surface area contributed by atoms with Gasteiger partial charge in [0.1, 0.15) is 0 Å². The molecule has 0 unspecified atom stereocenters. The van der Waals surface area contributed by atoms with Gasteiger partial charge in [0, 0.05) is 15.8 Å². The van der Waals surface area contributed by atoms with Crippen LogP contribution in [0.3, 0.4) is 0 Å². The van der Waals surface area contributed by atoms with Gasteiger partial charge in [-0.05, 0) is 55.0 Å². The van der Waals surface area contributed by atoms with Crippen molar-refractivity contribution in [2.75, 3.05) is 5.32 Å². The number of benzene rings is 2. The number of anilines is 2. The maximum atomic E-state index is 10.8. The summed E-state index contributed by atoms with van der Waals surface area (Å²) in [5, 5.41) is 12.1. The SMILES string of the molecule is Cc1cc(C(=O)O)ccc1Nc1ccc(Br)cc1. The van der Waals surface area contributed by atoms with Crippen LogP contribution in [0, 0.1) is 6.92 Å². The predicted molar refractivity (Wildman–Crippen MR) is 75.6 cm³/mol. The Labute approximate surface area is 114 Å². The number of nitrogens with one attached hydrogen (secondary N) is 1. The van der Waals surface area contributed by atoms with Gasteiger partial charge >= 0.3 is 5.97 Å². The summed E-state index contributed by atoms with van der Waals surface area (Å²) in [6, 6.07) is 12.8. The molecule has 0 saturated heterocycles. The van der Waals surface area contributed by atoms with Crippen molar-refractivity contribution in [3.05, 3.63) is 58.1 Å². The van der Waals surface area contributed by atoms with Crippen LogP contribution in [-0.2, 0) is 0 Å². The van der Waals surface area contributed by atoms with Gasteiger partial charge in [-0.15, -0.1) is 0 Å². The Hall–Kier alpha value is -1.81. The maximum absolute atomic E-state index is 10.8. The molecule has 0 amide bonds. The van der Waals surface area contributed by atoms with E-state index in [0.717, 1.165) is 21.4 Å². The molecule has 4 heteroatoms. The maximum Gasteiger partial charge on any atom is 0.335 e. The lowest BCUT2D eigenvalue weighted by atomic mass is 10.1. The fraction of sp³-hybridized carbons (Fsp3) is 0.0714. The molecular formula is C14H12BrNO2. The van der Waals surface area contributed by atoms with Gasteiger partial charge in [-0.2, -0.15) is 0 Å². The van der Waals surface area contributed by atoms with Crippen molar-refractivity contribution in [2.24, 2.45) is 0 Å². The van der Waals surface area contributed by atoms with E-state index in [1.54, 1.807) is 18.2 Å². The Morgan fingerprint density at radius 3 is 2.39 bits per heavy atom. The van der Waals surface area contributed by atoms with E-state index < -0.39 is 5.97 Å². The topological polar surface area (TPSA) is 49.3 Å². The standard InChI is InChI=1S/C14H12BrNO2/c1-9-8-10(14(17)18)2-7-13(9)16-12-5-3-11(15)4-6-12/h2-8,16H,1H3,(H,17,18). The Kier molecular flexibility index (Phi) is 3.67. The van der Waals surface area contributed by atoms with Crippen LogP contribution in [0.4, 0.5) is 11.4 Å². The number of hydrogen-bond donors (Lipinski definition) is 2. The Balaban J connectivity index is 2.24. The largest absolute Gasteiger partial charge is 0.478 e. The van der Waals surface area contributed by atoms with Gasteiger partial charge in [0.25, 0.3) is 0 Å². The molecule has 0 saturated carbocycles. The second-order valence-corrected chi connectivity index (χ2v) is 4.88. The van der Waals surface area contributed by atoms with E-state index >= 15 is 0 Å². The minimum Gasteiger partial charge on any atom is -0.478 e. The molecule has 0 aromatic heterocycles. The molecule has 0 aliphatic rings. The highest BCUT2D eigenvalue weighted by molar-refractivity contribution is 9.10. The third kappa shape index (κ3) is 2.90. The molecular weight excluding hydrogens is 294 g/mol. The Bertz CT molecular complexity index is 579. The lowest BCUT2D eigenvalue weighted by Crippen LogP contribution is -1.99. The Morgan fingerprint density at radius 1 is 1.17 bits per heavy atom. The summed E-state index contributed by atoms with van der Waals surface area (Å²) in [4.78, 5) is 10.8. The van der Waals surface area contributed by atoms with Crippen molar-refractivity contribution in [2.45, 2.75) is 6.92 Å². The van der Waals surface area contributed by atoms with Crippen LogP contribution in [0.15, 0.2) is 46.9 Å².